The zero-order valence-corrected chi connectivity index (χ0v) is 14.6. The van der Waals surface area contributed by atoms with Crippen LogP contribution in [-0.4, -0.2) is 36.0 Å². The van der Waals surface area contributed by atoms with E-state index in [0.29, 0.717) is 12.5 Å². The number of nitrogens with one attached hydrogen (secondary N) is 1. The molecule has 0 radical (unpaired) electrons. The number of urea groups is 1. The van der Waals surface area contributed by atoms with Gasteiger partial charge in [-0.15, -0.1) is 0 Å². The number of hydrogen-bond acceptors (Lipinski definition) is 3. The summed E-state index contributed by atoms with van der Waals surface area (Å²) in [5, 5.41) is 2.71. The maximum absolute atomic E-state index is 12.2. The third-order valence-corrected chi connectivity index (χ3v) is 4.17. The Morgan fingerprint density at radius 2 is 1.91 bits per heavy atom. The lowest BCUT2D eigenvalue weighted by Crippen LogP contribution is -2.36. The molecule has 1 saturated heterocycles. The van der Waals surface area contributed by atoms with Crippen LogP contribution < -0.4 is 10.1 Å². The van der Waals surface area contributed by atoms with E-state index >= 15 is 0 Å². The van der Waals surface area contributed by atoms with Gasteiger partial charge in [0.05, 0.1) is 6.54 Å². The van der Waals surface area contributed by atoms with Gasteiger partial charge >= 0.3 is 6.03 Å². The van der Waals surface area contributed by atoms with E-state index in [9.17, 15) is 9.59 Å². The molecule has 1 aromatic rings. The molecule has 1 aliphatic rings. The van der Waals surface area contributed by atoms with Crippen molar-refractivity contribution in [3.05, 3.63) is 29.3 Å². The highest BCUT2D eigenvalue weighted by Crippen LogP contribution is 2.23. The highest BCUT2D eigenvalue weighted by atomic mass is 16.5. The average molecular weight is 318 g/mol. The van der Waals surface area contributed by atoms with E-state index in [-0.39, 0.29) is 24.4 Å². The van der Waals surface area contributed by atoms with Gasteiger partial charge in [-0.3, -0.25) is 9.69 Å². The molecule has 0 aliphatic carbocycles. The van der Waals surface area contributed by atoms with Gasteiger partial charge in [-0.1, -0.05) is 33.8 Å². The Morgan fingerprint density at radius 3 is 2.43 bits per heavy atom. The van der Waals surface area contributed by atoms with Gasteiger partial charge in [0, 0.05) is 0 Å². The second-order valence-corrected chi connectivity index (χ2v) is 6.68. The minimum Gasteiger partial charge on any atom is -0.492 e. The molecule has 1 fully saturated rings. The van der Waals surface area contributed by atoms with Crippen LogP contribution in [0.5, 0.6) is 5.75 Å². The Bertz CT molecular complexity index is 596. The van der Waals surface area contributed by atoms with E-state index in [4.69, 9.17) is 4.74 Å². The maximum Gasteiger partial charge on any atom is 0.324 e. The third-order valence-electron chi connectivity index (χ3n) is 4.17. The number of carbonyl (C=O) groups is 2. The van der Waals surface area contributed by atoms with Gasteiger partial charge in [-0.25, -0.2) is 4.79 Å². The van der Waals surface area contributed by atoms with E-state index in [0.717, 1.165) is 5.75 Å². The number of hydrogen-bond donors (Lipinski definition) is 1. The summed E-state index contributed by atoms with van der Waals surface area (Å²) in [4.78, 5) is 25.3. The highest BCUT2D eigenvalue weighted by molar-refractivity contribution is 6.04. The predicted octanol–water partition coefficient (Wildman–Crippen LogP) is 3.07. The summed E-state index contributed by atoms with van der Waals surface area (Å²) < 4.78 is 5.70. The van der Waals surface area contributed by atoms with Crippen molar-refractivity contribution in [2.45, 2.75) is 46.6 Å². The quantitative estimate of drug-likeness (QED) is 0.820. The molecule has 1 unspecified atom stereocenters. The molecule has 5 nitrogen and oxygen atoms in total. The monoisotopic (exact) mass is 318 g/mol. The van der Waals surface area contributed by atoms with Gasteiger partial charge in [0.1, 0.15) is 18.4 Å². The minimum atomic E-state index is -0.421. The summed E-state index contributed by atoms with van der Waals surface area (Å²) in [6, 6.07) is 5.25. The number of aryl methyl sites for hydroxylation is 1. The van der Waals surface area contributed by atoms with Crippen molar-refractivity contribution < 1.29 is 14.3 Å². The molecule has 2 rings (SSSR count). The summed E-state index contributed by atoms with van der Waals surface area (Å²) in [7, 11) is 0. The Labute approximate surface area is 138 Å². The summed E-state index contributed by atoms with van der Waals surface area (Å²) >= 11 is 0. The Hall–Kier alpha value is -2.04. The van der Waals surface area contributed by atoms with Crippen LogP contribution in [0.2, 0.25) is 0 Å². The molecule has 1 N–H and O–H groups in total. The standard InChI is InChI=1S/C18H26N2O3/c1-11(2)15-7-6-14(10-13(15)5)23-9-8-20-17(21)16(12(3)4)19-18(20)22/h6-7,10-12,16H,8-9H2,1-5H3,(H,19,22). The van der Waals surface area contributed by atoms with E-state index in [1.54, 1.807) is 0 Å². The Balaban J connectivity index is 1.91. The number of imide groups is 1. The normalized spacial score (nSPS) is 18.0. The number of carbonyl (C=O) groups excluding carboxylic acids is 2. The van der Waals surface area contributed by atoms with E-state index < -0.39 is 6.04 Å². The second-order valence-electron chi connectivity index (χ2n) is 6.68. The lowest BCUT2D eigenvalue weighted by molar-refractivity contribution is -0.128. The zero-order valence-electron chi connectivity index (χ0n) is 14.6. The molecule has 126 valence electrons. The summed E-state index contributed by atoms with van der Waals surface area (Å²) in [5.41, 5.74) is 2.48. The lowest BCUT2D eigenvalue weighted by Gasteiger charge is -2.16. The van der Waals surface area contributed by atoms with Crippen molar-refractivity contribution >= 4 is 11.9 Å². The van der Waals surface area contributed by atoms with Crippen molar-refractivity contribution in [1.29, 1.82) is 0 Å². The average Bonchev–Trinajstić information content (AvgIpc) is 2.75. The van der Waals surface area contributed by atoms with Crippen molar-refractivity contribution in [3.63, 3.8) is 0 Å². The number of benzene rings is 1. The van der Waals surface area contributed by atoms with Crippen molar-refractivity contribution in [3.8, 4) is 5.75 Å². The Kier molecular flexibility index (Phi) is 5.29. The molecule has 0 bridgehead atoms. The SMILES string of the molecule is Cc1cc(OCCN2C(=O)NC(C(C)C)C2=O)ccc1C(C)C. The minimum absolute atomic E-state index is 0.0867. The molecule has 3 amide bonds. The topological polar surface area (TPSA) is 58.6 Å². The van der Waals surface area contributed by atoms with Crippen LogP contribution in [0, 0.1) is 12.8 Å². The Morgan fingerprint density at radius 1 is 1.22 bits per heavy atom. The van der Waals surface area contributed by atoms with Crippen molar-refractivity contribution in [1.82, 2.24) is 10.2 Å². The maximum atomic E-state index is 12.2. The van der Waals surface area contributed by atoms with Crippen LogP contribution in [0.3, 0.4) is 0 Å². The van der Waals surface area contributed by atoms with Gasteiger partial charge in [0.2, 0.25) is 0 Å². The van der Waals surface area contributed by atoms with Crippen LogP contribution >= 0.6 is 0 Å². The summed E-state index contributed by atoms with van der Waals surface area (Å²) in [5.74, 6) is 1.16. The first-order chi connectivity index (χ1) is 10.8. The summed E-state index contributed by atoms with van der Waals surface area (Å²) in [6.07, 6.45) is 0. The number of rotatable bonds is 6. The first-order valence-electron chi connectivity index (χ1n) is 8.16. The number of amides is 3. The zero-order chi connectivity index (χ0) is 17.1. The van der Waals surface area contributed by atoms with Gasteiger partial charge < -0.3 is 10.1 Å². The highest BCUT2D eigenvalue weighted by Gasteiger charge is 2.39. The molecule has 0 aromatic heterocycles. The molecule has 1 atom stereocenters. The van der Waals surface area contributed by atoms with Gasteiger partial charge in [-0.05, 0) is 42.0 Å². The largest absolute Gasteiger partial charge is 0.492 e. The molecule has 0 spiro atoms. The molecular formula is C18H26N2O3. The van der Waals surface area contributed by atoms with Crippen LogP contribution in [0.4, 0.5) is 4.79 Å². The number of ether oxygens (including phenoxy) is 1. The van der Waals surface area contributed by atoms with Crippen LogP contribution in [-0.2, 0) is 4.79 Å². The van der Waals surface area contributed by atoms with Crippen LogP contribution in [0.15, 0.2) is 18.2 Å². The first kappa shape index (κ1) is 17.3. The third kappa shape index (κ3) is 3.84. The molecule has 1 heterocycles. The first-order valence-corrected chi connectivity index (χ1v) is 8.16. The molecule has 5 heteroatoms. The fourth-order valence-electron chi connectivity index (χ4n) is 2.84. The van der Waals surface area contributed by atoms with E-state index in [1.807, 2.05) is 26.0 Å². The number of nitrogens with zero attached hydrogens (tertiary/aromatic N) is 1. The van der Waals surface area contributed by atoms with Gasteiger partial charge in [0.25, 0.3) is 5.91 Å². The molecule has 1 aliphatic heterocycles. The molecule has 23 heavy (non-hydrogen) atoms. The molecular weight excluding hydrogens is 292 g/mol. The van der Waals surface area contributed by atoms with Crippen molar-refractivity contribution in [2.24, 2.45) is 5.92 Å². The van der Waals surface area contributed by atoms with E-state index in [2.05, 4.69) is 32.2 Å². The van der Waals surface area contributed by atoms with Crippen LogP contribution in [0.25, 0.3) is 0 Å². The predicted molar refractivity (Wildman–Crippen MR) is 89.6 cm³/mol. The molecule has 0 saturated carbocycles. The van der Waals surface area contributed by atoms with Gasteiger partial charge in [-0.2, -0.15) is 0 Å². The fourth-order valence-corrected chi connectivity index (χ4v) is 2.84. The lowest BCUT2D eigenvalue weighted by atomic mass is 9.98. The van der Waals surface area contributed by atoms with E-state index in [1.165, 1.54) is 16.0 Å². The van der Waals surface area contributed by atoms with Crippen molar-refractivity contribution in [2.75, 3.05) is 13.2 Å². The van der Waals surface area contributed by atoms with Gasteiger partial charge in [0.15, 0.2) is 0 Å². The summed E-state index contributed by atoms with van der Waals surface area (Å²) in [6.45, 7) is 10.8. The smallest absolute Gasteiger partial charge is 0.324 e. The second kappa shape index (κ2) is 7.02. The van der Waals surface area contributed by atoms with Crippen LogP contribution in [0.1, 0.15) is 44.7 Å². The molecule has 1 aromatic carbocycles. The fraction of sp³-hybridized carbons (Fsp3) is 0.556.